The second kappa shape index (κ2) is 6.70. The lowest BCUT2D eigenvalue weighted by Gasteiger charge is -2.22. The van der Waals surface area contributed by atoms with Crippen LogP contribution in [0.4, 0.5) is 5.00 Å². The summed E-state index contributed by atoms with van der Waals surface area (Å²) in [5.74, 6) is -0.226. The second-order valence-corrected chi connectivity index (χ2v) is 7.60. The molecule has 2 aromatic heterocycles. The normalized spacial score (nSPS) is 12.1. The van der Waals surface area contributed by atoms with E-state index in [-0.39, 0.29) is 17.9 Å². The summed E-state index contributed by atoms with van der Waals surface area (Å²) in [7, 11) is 1.77. The first-order valence-corrected chi connectivity index (χ1v) is 9.09. The number of thiazole rings is 1. The molecule has 0 saturated heterocycles. The number of carbonyl (C=O) groups excluding carboxylic acids is 2. The molecular formula is C17H17N3O2S2. The summed E-state index contributed by atoms with van der Waals surface area (Å²) >= 11 is 2.88. The van der Waals surface area contributed by atoms with E-state index in [0.29, 0.717) is 9.88 Å². The van der Waals surface area contributed by atoms with E-state index in [1.807, 2.05) is 31.2 Å². The first kappa shape index (κ1) is 16.6. The Hall–Kier alpha value is -2.25. The maximum Gasteiger partial charge on any atom is 0.264 e. The molecule has 0 radical (unpaired) electrons. The van der Waals surface area contributed by atoms with Gasteiger partial charge in [-0.3, -0.25) is 9.59 Å². The first-order valence-electron chi connectivity index (χ1n) is 7.46. The highest BCUT2D eigenvalue weighted by atomic mass is 32.1. The van der Waals surface area contributed by atoms with E-state index >= 15 is 0 Å². The fraction of sp³-hybridized carbons (Fsp3) is 0.235. The smallest absolute Gasteiger partial charge is 0.264 e. The number of para-hydroxylation sites is 1. The van der Waals surface area contributed by atoms with Crippen LogP contribution in [0.15, 0.2) is 36.4 Å². The molecule has 2 heterocycles. The second-order valence-electron chi connectivity index (χ2n) is 5.46. The quantitative estimate of drug-likeness (QED) is 0.761. The maximum absolute atomic E-state index is 12.7. The number of amides is 2. The SMILES string of the molecule is CC(=O)Nc1ccc(C(=O)N(C)C(C)c2nc3ccccc3s2)s1. The Bertz CT molecular complexity index is 867. The van der Waals surface area contributed by atoms with E-state index in [1.54, 1.807) is 35.4 Å². The third kappa shape index (κ3) is 3.32. The largest absolute Gasteiger partial charge is 0.332 e. The molecule has 0 spiro atoms. The highest BCUT2D eigenvalue weighted by Crippen LogP contribution is 2.31. The van der Waals surface area contributed by atoms with Gasteiger partial charge >= 0.3 is 0 Å². The van der Waals surface area contributed by atoms with E-state index in [0.717, 1.165) is 15.2 Å². The van der Waals surface area contributed by atoms with E-state index in [9.17, 15) is 9.59 Å². The van der Waals surface area contributed by atoms with E-state index in [4.69, 9.17) is 0 Å². The summed E-state index contributed by atoms with van der Waals surface area (Å²) in [6, 6.07) is 11.3. The van der Waals surface area contributed by atoms with Gasteiger partial charge in [-0.2, -0.15) is 0 Å². The third-order valence-corrected chi connectivity index (χ3v) is 5.88. The Labute approximate surface area is 147 Å². The van der Waals surface area contributed by atoms with Crippen LogP contribution in [0.5, 0.6) is 0 Å². The molecule has 0 saturated carbocycles. The molecule has 24 heavy (non-hydrogen) atoms. The molecule has 3 rings (SSSR count). The van der Waals surface area contributed by atoms with Crippen LogP contribution < -0.4 is 5.32 Å². The first-order chi connectivity index (χ1) is 11.5. The van der Waals surface area contributed by atoms with Crippen LogP contribution >= 0.6 is 22.7 Å². The number of nitrogens with one attached hydrogen (secondary N) is 1. The molecule has 0 fully saturated rings. The molecule has 2 amide bonds. The van der Waals surface area contributed by atoms with Crippen molar-refractivity contribution in [3.05, 3.63) is 46.3 Å². The lowest BCUT2D eigenvalue weighted by molar-refractivity contribution is -0.114. The van der Waals surface area contributed by atoms with Crippen molar-refractivity contribution in [1.29, 1.82) is 0 Å². The molecule has 1 aromatic carbocycles. The molecule has 1 unspecified atom stereocenters. The average Bonchev–Trinajstić information content (AvgIpc) is 3.18. The summed E-state index contributed by atoms with van der Waals surface area (Å²) in [6.45, 7) is 3.42. The molecular weight excluding hydrogens is 342 g/mol. The average molecular weight is 359 g/mol. The highest BCUT2D eigenvalue weighted by Gasteiger charge is 2.23. The van der Waals surface area contributed by atoms with Gasteiger partial charge in [0.2, 0.25) is 5.91 Å². The Balaban J connectivity index is 1.79. The number of hydrogen-bond acceptors (Lipinski definition) is 5. The van der Waals surface area contributed by atoms with E-state index in [2.05, 4.69) is 10.3 Å². The summed E-state index contributed by atoms with van der Waals surface area (Å²) in [5.41, 5.74) is 0.953. The number of fused-ring (bicyclic) bond motifs is 1. The van der Waals surface area contributed by atoms with Gasteiger partial charge in [0.15, 0.2) is 0 Å². The molecule has 0 aliphatic rings. The predicted molar refractivity (Wildman–Crippen MR) is 98.8 cm³/mol. The summed E-state index contributed by atoms with van der Waals surface area (Å²) in [6.07, 6.45) is 0. The minimum atomic E-state index is -0.146. The van der Waals surface area contributed by atoms with E-state index in [1.165, 1.54) is 18.3 Å². The van der Waals surface area contributed by atoms with E-state index < -0.39 is 0 Å². The minimum absolute atomic E-state index is 0.0802. The minimum Gasteiger partial charge on any atom is -0.332 e. The number of carbonyl (C=O) groups is 2. The Morgan fingerprint density at radius 2 is 1.92 bits per heavy atom. The molecule has 0 bridgehead atoms. The van der Waals surface area contributed by atoms with Crippen LogP contribution in [0.1, 0.15) is 34.6 Å². The van der Waals surface area contributed by atoms with Crippen molar-refractivity contribution in [2.75, 3.05) is 12.4 Å². The third-order valence-electron chi connectivity index (χ3n) is 3.69. The summed E-state index contributed by atoms with van der Waals surface area (Å²) in [5, 5.41) is 4.28. The van der Waals surface area contributed by atoms with Crippen molar-refractivity contribution in [1.82, 2.24) is 9.88 Å². The highest BCUT2D eigenvalue weighted by molar-refractivity contribution is 7.18. The van der Waals surface area contributed by atoms with Crippen molar-refractivity contribution >= 4 is 49.7 Å². The lowest BCUT2D eigenvalue weighted by Crippen LogP contribution is -2.28. The Morgan fingerprint density at radius 3 is 2.62 bits per heavy atom. The van der Waals surface area contributed by atoms with Gasteiger partial charge in [-0.25, -0.2) is 4.98 Å². The number of anilines is 1. The van der Waals surface area contributed by atoms with Gasteiger partial charge in [-0.1, -0.05) is 12.1 Å². The van der Waals surface area contributed by atoms with Gasteiger partial charge in [0.1, 0.15) is 5.01 Å². The molecule has 0 aliphatic heterocycles. The molecule has 5 nitrogen and oxygen atoms in total. The zero-order chi connectivity index (χ0) is 17.3. The number of aromatic nitrogens is 1. The fourth-order valence-electron chi connectivity index (χ4n) is 2.28. The molecule has 1 atom stereocenters. The van der Waals surface area contributed by atoms with Crippen molar-refractivity contribution in [2.24, 2.45) is 0 Å². The Kier molecular flexibility index (Phi) is 4.64. The monoisotopic (exact) mass is 359 g/mol. The molecule has 124 valence electrons. The number of benzene rings is 1. The van der Waals surface area contributed by atoms with Crippen LogP contribution in [0.2, 0.25) is 0 Å². The number of hydrogen-bond donors (Lipinski definition) is 1. The van der Waals surface area contributed by atoms with Gasteiger partial charge < -0.3 is 10.2 Å². The van der Waals surface area contributed by atoms with Crippen LogP contribution in [0.3, 0.4) is 0 Å². The summed E-state index contributed by atoms with van der Waals surface area (Å²) in [4.78, 5) is 30.7. The van der Waals surface area contributed by atoms with Crippen LogP contribution in [0.25, 0.3) is 10.2 Å². The van der Waals surface area contributed by atoms with Gasteiger partial charge in [0.05, 0.1) is 26.1 Å². The van der Waals surface area contributed by atoms with Gasteiger partial charge in [-0.05, 0) is 31.2 Å². The Morgan fingerprint density at radius 1 is 1.17 bits per heavy atom. The molecule has 3 aromatic rings. The van der Waals surface area contributed by atoms with Crippen LogP contribution in [-0.4, -0.2) is 28.7 Å². The van der Waals surface area contributed by atoms with Gasteiger partial charge in [-0.15, -0.1) is 22.7 Å². The fourth-order valence-corrected chi connectivity index (χ4v) is 4.28. The van der Waals surface area contributed by atoms with Gasteiger partial charge in [0.25, 0.3) is 5.91 Å². The van der Waals surface area contributed by atoms with Crippen LogP contribution in [0, 0.1) is 0 Å². The zero-order valence-corrected chi connectivity index (χ0v) is 15.2. The zero-order valence-electron chi connectivity index (χ0n) is 13.6. The van der Waals surface area contributed by atoms with Crippen molar-refractivity contribution in [3.63, 3.8) is 0 Å². The number of thiophene rings is 1. The van der Waals surface area contributed by atoms with Crippen molar-refractivity contribution in [3.8, 4) is 0 Å². The van der Waals surface area contributed by atoms with Crippen LogP contribution in [-0.2, 0) is 4.79 Å². The molecule has 0 aliphatic carbocycles. The van der Waals surface area contributed by atoms with Crippen molar-refractivity contribution < 1.29 is 9.59 Å². The topological polar surface area (TPSA) is 62.3 Å². The van der Waals surface area contributed by atoms with Gasteiger partial charge in [0, 0.05) is 14.0 Å². The molecule has 7 heteroatoms. The number of rotatable bonds is 4. The predicted octanol–water partition coefficient (Wildman–Crippen LogP) is 4.15. The maximum atomic E-state index is 12.7. The summed E-state index contributed by atoms with van der Waals surface area (Å²) < 4.78 is 1.12. The lowest BCUT2D eigenvalue weighted by atomic mass is 10.3. The standard InChI is InChI=1S/C17H17N3O2S2/c1-10(16-19-12-6-4-5-7-13(12)24-16)20(3)17(22)14-8-9-15(23-14)18-11(2)21/h4-10H,1-3H3,(H,18,21). The molecule has 1 N–H and O–H groups in total. The van der Waals surface area contributed by atoms with Crippen molar-refractivity contribution in [2.45, 2.75) is 19.9 Å². The number of nitrogens with zero attached hydrogens (tertiary/aromatic N) is 2.